The van der Waals surface area contributed by atoms with Gasteiger partial charge >= 0.3 is 0 Å². The van der Waals surface area contributed by atoms with Gasteiger partial charge in [-0.3, -0.25) is 0 Å². The fourth-order valence-electron chi connectivity index (χ4n) is 5.57. The standard InChI is InChI=1S/C19H20.C17H13F9.C5H12.C2H6/c1-4-10-16(11-5-1)19(17-12-6-2-7-13-17)18-14-8-3-9-15-18;1-4-6(2)9-10(14(23)17(26)16(25)13(9)22)8(5-18)12(21)15(24)11(20)7(3)19;1-3-5-4-2;1-2/h1-2,4-8,10-12,14-15,17,19H,3,9,13H2;5-6H,4H2,1-3H3;3-5H2,1-2H3;1-2H3/b;8-5+,11-7-,15-12-;;. The fraction of sp³-hybridized carbons (Fsp3) is 0.395. The first-order valence-electron chi connectivity index (χ1n) is 17.9. The lowest BCUT2D eigenvalue weighted by Gasteiger charge is -2.28. The second kappa shape index (κ2) is 24.3. The Labute approximate surface area is 303 Å². The summed E-state index contributed by atoms with van der Waals surface area (Å²) >= 11 is 0. The number of allylic oxidation sites excluding steroid dienone is 13. The Hall–Kier alpha value is -4.01. The molecule has 52 heavy (non-hydrogen) atoms. The highest BCUT2D eigenvalue weighted by atomic mass is 19.2. The number of rotatable bonds is 10. The first-order valence-corrected chi connectivity index (χ1v) is 17.9. The van der Waals surface area contributed by atoms with Crippen LogP contribution in [-0.4, -0.2) is 0 Å². The lowest BCUT2D eigenvalue weighted by Crippen LogP contribution is -2.14. The third kappa shape index (κ3) is 12.6. The zero-order valence-electron chi connectivity index (χ0n) is 31.1. The molecular weight excluding hydrogens is 687 g/mol. The van der Waals surface area contributed by atoms with Crippen molar-refractivity contribution in [1.29, 1.82) is 0 Å². The van der Waals surface area contributed by atoms with Crippen molar-refractivity contribution in [2.75, 3.05) is 0 Å². The molecule has 0 fully saturated rings. The molecule has 0 amide bonds. The highest BCUT2D eigenvalue weighted by Crippen LogP contribution is 2.41. The molecule has 286 valence electrons. The number of hydrogen-bond acceptors (Lipinski definition) is 0. The maximum atomic E-state index is 14.1. The topological polar surface area (TPSA) is 0 Å². The third-order valence-electron chi connectivity index (χ3n) is 8.40. The van der Waals surface area contributed by atoms with E-state index < -0.39 is 75.5 Å². The molecule has 4 rings (SSSR count). The van der Waals surface area contributed by atoms with Gasteiger partial charge in [-0.05, 0) is 55.6 Å². The van der Waals surface area contributed by atoms with Crippen LogP contribution in [0.15, 0.2) is 108 Å². The highest BCUT2D eigenvalue weighted by Gasteiger charge is 2.32. The Bertz CT molecular complexity index is 1620. The molecule has 3 atom stereocenters. The second-order valence-electron chi connectivity index (χ2n) is 12.0. The van der Waals surface area contributed by atoms with Crippen molar-refractivity contribution in [2.45, 2.75) is 105 Å². The Balaban J connectivity index is 0.000000453. The second-order valence-corrected chi connectivity index (χ2v) is 12.0. The van der Waals surface area contributed by atoms with Gasteiger partial charge in [0, 0.05) is 17.0 Å². The van der Waals surface area contributed by atoms with Crippen LogP contribution in [0.4, 0.5) is 39.5 Å². The summed E-state index contributed by atoms with van der Waals surface area (Å²) in [5.41, 5.74) is -1.25. The van der Waals surface area contributed by atoms with Gasteiger partial charge in [0.15, 0.2) is 40.7 Å². The van der Waals surface area contributed by atoms with Gasteiger partial charge in [-0.1, -0.05) is 134 Å². The van der Waals surface area contributed by atoms with Crippen molar-refractivity contribution in [3.63, 3.8) is 0 Å². The molecule has 0 saturated carbocycles. The number of benzene rings is 2. The van der Waals surface area contributed by atoms with E-state index in [1.165, 1.54) is 57.1 Å². The SMILES string of the molecule is C1=CCC(C(C2=CCCC=C2)c2ccccc2)C=C1.CC.CCC(C)c1c(F)c(F)c(F)c(F)c1C(=C\F)/C(F)=C(F)\C(F)=C(/C)F.CCCCC. The molecule has 0 bridgehead atoms. The van der Waals surface area contributed by atoms with Crippen LogP contribution in [-0.2, 0) is 0 Å². The van der Waals surface area contributed by atoms with Crippen LogP contribution >= 0.6 is 0 Å². The van der Waals surface area contributed by atoms with Crippen molar-refractivity contribution >= 4 is 5.57 Å². The Kier molecular flexibility index (Phi) is 21.5. The molecule has 0 nitrogen and oxygen atoms in total. The number of halogens is 9. The number of unbranched alkanes of at least 4 members (excludes halogenated alkanes) is 2. The Morgan fingerprint density at radius 3 is 1.87 bits per heavy atom. The molecule has 0 spiro atoms. The summed E-state index contributed by atoms with van der Waals surface area (Å²) < 4.78 is 122. The molecule has 3 unspecified atom stereocenters. The van der Waals surface area contributed by atoms with E-state index >= 15 is 0 Å². The monoisotopic (exact) mass is 738 g/mol. The van der Waals surface area contributed by atoms with Crippen LogP contribution < -0.4 is 0 Å². The Morgan fingerprint density at radius 2 is 1.40 bits per heavy atom. The molecule has 0 heterocycles. The largest absolute Gasteiger partial charge is 0.215 e. The van der Waals surface area contributed by atoms with Gasteiger partial charge in [-0.15, -0.1) is 0 Å². The molecule has 0 aromatic heterocycles. The molecule has 2 aliphatic carbocycles. The van der Waals surface area contributed by atoms with Crippen molar-refractivity contribution in [3.05, 3.63) is 148 Å². The minimum absolute atomic E-state index is 0.000332. The van der Waals surface area contributed by atoms with E-state index in [-0.39, 0.29) is 6.42 Å². The van der Waals surface area contributed by atoms with Gasteiger partial charge in [0.25, 0.3) is 0 Å². The molecule has 2 aromatic carbocycles. The van der Waals surface area contributed by atoms with E-state index in [1.54, 1.807) is 0 Å². The van der Waals surface area contributed by atoms with Crippen LogP contribution in [0, 0.1) is 29.2 Å². The molecule has 2 aliphatic rings. The van der Waals surface area contributed by atoms with Gasteiger partial charge in [0.1, 0.15) is 5.83 Å². The molecular formula is C43H51F9. The van der Waals surface area contributed by atoms with Gasteiger partial charge in [-0.2, -0.15) is 0 Å². The zero-order valence-corrected chi connectivity index (χ0v) is 31.1. The lowest BCUT2D eigenvalue weighted by molar-refractivity contribution is 0.397. The van der Waals surface area contributed by atoms with Crippen molar-refractivity contribution in [3.8, 4) is 0 Å². The van der Waals surface area contributed by atoms with Crippen LogP contribution in [0.25, 0.3) is 5.57 Å². The van der Waals surface area contributed by atoms with Gasteiger partial charge in [-0.25, -0.2) is 39.5 Å². The van der Waals surface area contributed by atoms with E-state index in [0.29, 0.717) is 18.8 Å². The first-order chi connectivity index (χ1) is 24.9. The highest BCUT2D eigenvalue weighted by molar-refractivity contribution is 5.80. The fourth-order valence-corrected chi connectivity index (χ4v) is 5.57. The van der Waals surface area contributed by atoms with Crippen LogP contribution in [0.1, 0.15) is 122 Å². The minimum atomic E-state index is -2.55. The van der Waals surface area contributed by atoms with Crippen LogP contribution in [0.3, 0.4) is 0 Å². The predicted molar refractivity (Wildman–Crippen MR) is 197 cm³/mol. The summed E-state index contributed by atoms with van der Waals surface area (Å²) in [6, 6.07) is 10.9. The van der Waals surface area contributed by atoms with E-state index in [1.807, 2.05) is 13.8 Å². The van der Waals surface area contributed by atoms with Crippen molar-refractivity contribution in [1.82, 2.24) is 0 Å². The molecule has 0 saturated heterocycles. The molecule has 0 aliphatic heterocycles. The van der Waals surface area contributed by atoms with E-state index in [0.717, 1.165) is 6.42 Å². The van der Waals surface area contributed by atoms with Gasteiger partial charge < -0.3 is 0 Å². The predicted octanol–water partition coefficient (Wildman–Crippen LogP) is 15.8. The molecule has 0 radical (unpaired) electrons. The van der Waals surface area contributed by atoms with Gasteiger partial charge in [0.2, 0.25) is 0 Å². The Morgan fingerprint density at radius 1 is 0.788 bits per heavy atom. The number of hydrogen-bond donors (Lipinski definition) is 0. The summed E-state index contributed by atoms with van der Waals surface area (Å²) in [5.74, 6) is -17.9. The smallest absolute Gasteiger partial charge is 0.198 e. The van der Waals surface area contributed by atoms with E-state index in [4.69, 9.17) is 0 Å². The molecule has 0 N–H and O–H groups in total. The lowest BCUT2D eigenvalue weighted by atomic mass is 9.76. The average Bonchev–Trinajstić information content (AvgIpc) is 3.18. The van der Waals surface area contributed by atoms with E-state index in [9.17, 15) is 39.5 Å². The molecule has 9 heteroatoms. The quantitative estimate of drug-likeness (QED) is 0.0985. The van der Waals surface area contributed by atoms with Crippen molar-refractivity contribution < 1.29 is 39.5 Å². The minimum Gasteiger partial charge on any atom is -0.215 e. The summed E-state index contributed by atoms with van der Waals surface area (Å²) in [6.45, 7) is 11.5. The maximum absolute atomic E-state index is 14.1. The summed E-state index contributed by atoms with van der Waals surface area (Å²) in [7, 11) is 0. The van der Waals surface area contributed by atoms with Crippen LogP contribution in [0.5, 0.6) is 0 Å². The summed E-state index contributed by atoms with van der Waals surface area (Å²) in [6.07, 6.45) is 22.9. The van der Waals surface area contributed by atoms with Gasteiger partial charge in [0.05, 0.1) is 11.9 Å². The first kappa shape index (κ1) is 46.0. The van der Waals surface area contributed by atoms with E-state index in [2.05, 4.69) is 86.7 Å². The third-order valence-corrected chi connectivity index (χ3v) is 8.40. The zero-order chi connectivity index (χ0) is 39.4. The van der Waals surface area contributed by atoms with Crippen molar-refractivity contribution in [2.24, 2.45) is 5.92 Å². The summed E-state index contributed by atoms with van der Waals surface area (Å²) in [5, 5.41) is 0. The summed E-state index contributed by atoms with van der Waals surface area (Å²) in [4.78, 5) is 0. The normalized spacial score (nSPS) is 17.2. The average molecular weight is 739 g/mol. The molecule has 2 aromatic rings. The maximum Gasteiger partial charge on any atom is 0.198 e. The van der Waals surface area contributed by atoms with Crippen LogP contribution in [0.2, 0.25) is 0 Å².